The van der Waals surface area contributed by atoms with Gasteiger partial charge in [0.15, 0.2) is 0 Å². The van der Waals surface area contributed by atoms with Crippen molar-refractivity contribution in [1.82, 2.24) is 4.98 Å². The Hall–Kier alpha value is -1.69. The van der Waals surface area contributed by atoms with Crippen molar-refractivity contribution in [3.63, 3.8) is 0 Å². The number of nitrogens with zero attached hydrogens (tertiary/aromatic N) is 1. The van der Waals surface area contributed by atoms with Crippen LogP contribution < -0.4 is 5.46 Å². The monoisotopic (exact) mass is 351 g/mol. The normalized spacial score (nSPS) is 18.8. The molecule has 0 bridgehead atoms. The molecule has 2 heterocycles. The predicted octanol–water partition coefficient (Wildman–Crippen LogP) is 4.19. The summed E-state index contributed by atoms with van der Waals surface area (Å²) in [6, 6.07) is 16.8. The summed E-state index contributed by atoms with van der Waals surface area (Å²) in [7, 11) is -0.339. The van der Waals surface area contributed by atoms with Crippen LogP contribution in [0.1, 0.15) is 38.3 Å². The van der Waals surface area contributed by atoms with E-state index in [1.165, 1.54) is 10.3 Å². The number of aromatic nitrogens is 1. The van der Waals surface area contributed by atoms with Crippen LogP contribution in [-0.2, 0) is 15.7 Å². The number of benzene rings is 2. The third-order valence-electron chi connectivity index (χ3n) is 5.18. The van der Waals surface area contributed by atoms with Crippen molar-refractivity contribution < 1.29 is 9.31 Å². The van der Waals surface area contributed by atoms with Crippen LogP contribution >= 0.6 is 11.3 Å². The van der Waals surface area contributed by atoms with Gasteiger partial charge in [-0.15, -0.1) is 11.3 Å². The predicted molar refractivity (Wildman–Crippen MR) is 105 cm³/mol. The largest absolute Gasteiger partial charge is 0.494 e. The molecule has 128 valence electrons. The zero-order valence-corrected chi connectivity index (χ0v) is 15.9. The first kappa shape index (κ1) is 16.8. The molecule has 1 fully saturated rings. The summed E-state index contributed by atoms with van der Waals surface area (Å²) in [6.45, 7) is 8.30. The Morgan fingerprint density at radius 1 is 0.960 bits per heavy atom. The minimum absolute atomic E-state index is 0.326. The summed E-state index contributed by atoms with van der Waals surface area (Å²) in [4.78, 5) is 4.82. The minimum atomic E-state index is -0.339. The Morgan fingerprint density at radius 3 is 2.32 bits per heavy atom. The average molecular weight is 351 g/mol. The van der Waals surface area contributed by atoms with Gasteiger partial charge in [-0.1, -0.05) is 36.4 Å². The van der Waals surface area contributed by atoms with Crippen LogP contribution in [0.25, 0.3) is 10.2 Å². The fourth-order valence-electron chi connectivity index (χ4n) is 2.96. The molecule has 0 spiro atoms. The molecule has 3 aromatic rings. The van der Waals surface area contributed by atoms with Crippen molar-refractivity contribution in [1.29, 1.82) is 0 Å². The summed E-state index contributed by atoms with van der Waals surface area (Å²) in [5, 5.41) is 1.13. The summed E-state index contributed by atoms with van der Waals surface area (Å²) < 4.78 is 13.5. The lowest BCUT2D eigenvalue weighted by molar-refractivity contribution is 0.00578. The van der Waals surface area contributed by atoms with Gasteiger partial charge in [-0.2, -0.15) is 0 Å². The van der Waals surface area contributed by atoms with Gasteiger partial charge in [0.25, 0.3) is 0 Å². The number of fused-ring (bicyclic) bond motifs is 1. The second-order valence-corrected chi connectivity index (χ2v) is 8.70. The fourth-order valence-corrected chi connectivity index (χ4v) is 3.95. The first-order valence-corrected chi connectivity index (χ1v) is 9.45. The maximum atomic E-state index is 6.15. The molecule has 0 radical (unpaired) electrons. The lowest BCUT2D eigenvalue weighted by Gasteiger charge is -2.32. The molecule has 0 N–H and O–H groups in total. The van der Waals surface area contributed by atoms with E-state index in [2.05, 4.69) is 70.2 Å². The van der Waals surface area contributed by atoms with E-state index in [1.54, 1.807) is 11.3 Å². The molecule has 25 heavy (non-hydrogen) atoms. The maximum Gasteiger partial charge on any atom is 0.494 e. The molecule has 1 saturated heterocycles. The molecule has 4 rings (SSSR count). The SMILES string of the molecule is CC1(C)OB(c2ccc3sc(Cc4ccccc4)nc3c2)OC1(C)C. The Bertz CT molecular complexity index is 888. The van der Waals surface area contributed by atoms with Gasteiger partial charge >= 0.3 is 7.12 Å². The smallest absolute Gasteiger partial charge is 0.399 e. The van der Waals surface area contributed by atoms with E-state index in [-0.39, 0.29) is 18.3 Å². The molecule has 5 heteroatoms. The van der Waals surface area contributed by atoms with Crippen molar-refractivity contribution >= 4 is 34.1 Å². The van der Waals surface area contributed by atoms with Gasteiger partial charge in [-0.05, 0) is 50.9 Å². The second-order valence-electron chi connectivity index (χ2n) is 7.59. The second kappa shape index (κ2) is 5.94. The van der Waals surface area contributed by atoms with Gasteiger partial charge in [0.2, 0.25) is 0 Å². The quantitative estimate of drug-likeness (QED) is 0.663. The lowest BCUT2D eigenvalue weighted by Crippen LogP contribution is -2.41. The van der Waals surface area contributed by atoms with E-state index in [9.17, 15) is 0 Å². The van der Waals surface area contributed by atoms with E-state index in [4.69, 9.17) is 14.3 Å². The van der Waals surface area contributed by atoms with Crippen LogP contribution in [0.5, 0.6) is 0 Å². The van der Waals surface area contributed by atoms with Crippen LogP contribution in [0.4, 0.5) is 0 Å². The summed E-state index contributed by atoms with van der Waals surface area (Å²) in [5.41, 5.74) is 2.68. The number of rotatable bonds is 3. The standard InChI is InChI=1S/C20H22BNO2S/c1-19(2)20(3,4)24-21(23-19)15-10-11-17-16(13-15)22-18(25-17)12-14-8-6-5-7-9-14/h5-11,13H,12H2,1-4H3. The van der Waals surface area contributed by atoms with E-state index < -0.39 is 0 Å². The molecule has 1 aromatic heterocycles. The molecular weight excluding hydrogens is 329 g/mol. The van der Waals surface area contributed by atoms with Gasteiger partial charge in [-0.3, -0.25) is 0 Å². The first-order valence-electron chi connectivity index (χ1n) is 8.63. The van der Waals surface area contributed by atoms with Gasteiger partial charge in [0.05, 0.1) is 26.4 Å². The van der Waals surface area contributed by atoms with Crippen LogP contribution in [0.2, 0.25) is 0 Å². The zero-order chi connectivity index (χ0) is 17.7. The van der Waals surface area contributed by atoms with Crippen molar-refractivity contribution in [2.75, 3.05) is 0 Å². The Labute approximate surface area is 153 Å². The molecule has 2 aromatic carbocycles. The summed E-state index contributed by atoms with van der Waals surface area (Å²) in [5.74, 6) is 0. The summed E-state index contributed by atoms with van der Waals surface area (Å²) >= 11 is 1.75. The number of thiazole rings is 1. The van der Waals surface area contributed by atoms with Crippen molar-refractivity contribution in [3.8, 4) is 0 Å². The van der Waals surface area contributed by atoms with Crippen molar-refractivity contribution in [2.24, 2.45) is 0 Å². The zero-order valence-electron chi connectivity index (χ0n) is 15.1. The maximum absolute atomic E-state index is 6.15. The molecule has 0 amide bonds. The highest BCUT2D eigenvalue weighted by molar-refractivity contribution is 7.18. The average Bonchev–Trinajstić information content (AvgIpc) is 3.04. The molecular formula is C20H22BNO2S. The lowest BCUT2D eigenvalue weighted by atomic mass is 9.79. The van der Waals surface area contributed by atoms with Crippen molar-refractivity contribution in [3.05, 3.63) is 59.1 Å². The fraction of sp³-hybridized carbons (Fsp3) is 0.350. The van der Waals surface area contributed by atoms with Gasteiger partial charge in [-0.25, -0.2) is 4.98 Å². The molecule has 0 unspecified atom stereocenters. The molecule has 0 atom stereocenters. The van der Waals surface area contributed by atoms with Crippen LogP contribution in [0.3, 0.4) is 0 Å². The highest BCUT2D eigenvalue weighted by Crippen LogP contribution is 2.36. The molecule has 1 aliphatic rings. The molecule has 0 saturated carbocycles. The van der Waals surface area contributed by atoms with Gasteiger partial charge in [0.1, 0.15) is 0 Å². The number of hydrogen-bond acceptors (Lipinski definition) is 4. The van der Waals surface area contributed by atoms with E-state index in [0.717, 1.165) is 22.4 Å². The topological polar surface area (TPSA) is 31.4 Å². The Kier molecular flexibility index (Phi) is 3.98. The van der Waals surface area contributed by atoms with Gasteiger partial charge < -0.3 is 9.31 Å². The van der Waals surface area contributed by atoms with E-state index in [0.29, 0.717) is 0 Å². The third-order valence-corrected chi connectivity index (χ3v) is 6.22. The van der Waals surface area contributed by atoms with E-state index >= 15 is 0 Å². The molecule has 3 nitrogen and oxygen atoms in total. The van der Waals surface area contributed by atoms with Gasteiger partial charge in [0, 0.05) is 6.42 Å². The minimum Gasteiger partial charge on any atom is -0.399 e. The summed E-state index contributed by atoms with van der Waals surface area (Å²) in [6.07, 6.45) is 0.867. The number of hydrogen-bond donors (Lipinski definition) is 0. The third kappa shape index (κ3) is 3.12. The Balaban J connectivity index is 1.61. The molecule has 1 aliphatic heterocycles. The van der Waals surface area contributed by atoms with Crippen molar-refractivity contribution in [2.45, 2.75) is 45.3 Å². The highest BCUT2D eigenvalue weighted by atomic mass is 32.1. The van der Waals surface area contributed by atoms with Crippen LogP contribution in [-0.4, -0.2) is 23.3 Å². The first-order chi connectivity index (χ1) is 11.8. The molecule has 0 aliphatic carbocycles. The highest BCUT2D eigenvalue weighted by Gasteiger charge is 2.51. The van der Waals surface area contributed by atoms with E-state index in [1.807, 2.05) is 6.07 Å². The van der Waals surface area contributed by atoms with Crippen LogP contribution in [0.15, 0.2) is 48.5 Å². The van der Waals surface area contributed by atoms with Crippen LogP contribution in [0, 0.1) is 0 Å². The Morgan fingerprint density at radius 2 is 1.64 bits per heavy atom.